The summed E-state index contributed by atoms with van der Waals surface area (Å²) in [6.07, 6.45) is 0.981. The summed E-state index contributed by atoms with van der Waals surface area (Å²) in [6, 6.07) is 3.58. The molecule has 0 fully saturated rings. The lowest BCUT2D eigenvalue weighted by Gasteiger charge is -2.02. The molecule has 0 saturated heterocycles. The largest absolute Gasteiger partial charge is 0.507 e. The van der Waals surface area contributed by atoms with Gasteiger partial charge in [0.1, 0.15) is 17.6 Å². The molecule has 1 aliphatic heterocycles. The molecule has 0 spiro atoms. The van der Waals surface area contributed by atoms with Crippen LogP contribution in [0.5, 0.6) is 11.5 Å². The van der Waals surface area contributed by atoms with Crippen LogP contribution in [0.15, 0.2) is 16.6 Å². The fourth-order valence-corrected chi connectivity index (χ4v) is 1.88. The van der Waals surface area contributed by atoms with Crippen molar-refractivity contribution in [1.29, 1.82) is 0 Å². The van der Waals surface area contributed by atoms with Gasteiger partial charge in [-0.3, -0.25) is 0 Å². The number of fused-ring (bicyclic) bond motifs is 1. The maximum absolute atomic E-state index is 9.52. The molecule has 1 heterocycles. The number of benzene rings is 1. The maximum Gasteiger partial charge on any atom is 0.127 e. The van der Waals surface area contributed by atoms with Gasteiger partial charge < -0.3 is 9.84 Å². The Morgan fingerprint density at radius 1 is 1.58 bits per heavy atom. The van der Waals surface area contributed by atoms with Crippen LogP contribution in [0.4, 0.5) is 0 Å². The second kappa shape index (κ2) is 2.66. The van der Waals surface area contributed by atoms with Gasteiger partial charge >= 0.3 is 0 Å². The molecule has 1 aliphatic rings. The third kappa shape index (κ3) is 1.18. The highest BCUT2D eigenvalue weighted by atomic mass is 79.9. The van der Waals surface area contributed by atoms with Gasteiger partial charge in [-0.05, 0) is 19.1 Å². The van der Waals surface area contributed by atoms with Crippen LogP contribution in [0.25, 0.3) is 0 Å². The molecule has 1 aromatic carbocycles. The van der Waals surface area contributed by atoms with E-state index < -0.39 is 0 Å². The second-order valence-electron chi connectivity index (χ2n) is 3.03. The molecule has 0 saturated carbocycles. The predicted octanol–water partition coefficient (Wildman–Crippen LogP) is 2.48. The third-order valence-corrected chi connectivity index (χ3v) is 2.43. The molecule has 2 nitrogen and oxygen atoms in total. The van der Waals surface area contributed by atoms with E-state index in [4.69, 9.17) is 4.74 Å². The fraction of sp³-hybridized carbons (Fsp3) is 0.333. The number of halogens is 1. The Balaban J connectivity index is 2.52. The smallest absolute Gasteiger partial charge is 0.127 e. The summed E-state index contributed by atoms with van der Waals surface area (Å²) in [5.74, 6) is 1.12. The predicted molar refractivity (Wildman–Crippen MR) is 49.6 cm³/mol. The van der Waals surface area contributed by atoms with Crippen molar-refractivity contribution in [3.63, 3.8) is 0 Å². The van der Waals surface area contributed by atoms with Gasteiger partial charge in [0.2, 0.25) is 0 Å². The number of rotatable bonds is 0. The molecule has 64 valence electrons. The molecule has 0 unspecified atom stereocenters. The van der Waals surface area contributed by atoms with E-state index in [-0.39, 0.29) is 6.10 Å². The SMILES string of the molecule is C[C@@H]1Cc2c(O)cc(Br)cc2O1. The molecule has 12 heavy (non-hydrogen) atoms. The van der Waals surface area contributed by atoms with Crippen molar-refractivity contribution in [2.75, 3.05) is 0 Å². The van der Waals surface area contributed by atoms with Crippen molar-refractivity contribution in [2.24, 2.45) is 0 Å². The minimum atomic E-state index is 0.181. The van der Waals surface area contributed by atoms with E-state index in [1.807, 2.05) is 13.0 Å². The normalized spacial score (nSPS) is 20.3. The van der Waals surface area contributed by atoms with Crippen LogP contribution in [0.2, 0.25) is 0 Å². The first-order valence-corrected chi connectivity index (χ1v) is 4.64. The highest BCUT2D eigenvalue weighted by Gasteiger charge is 2.22. The standard InChI is InChI=1S/C9H9BrO2/c1-5-2-7-8(11)3-6(10)4-9(7)12-5/h3-5,11H,2H2,1H3/t5-/m1/s1. The molecule has 0 aromatic heterocycles. The van der Waals surface area contributed by atoms with E-state index >= 15 is 0 Å². The number of hydrogen-bond donors (Lipinski definition) is 1. The van der Waals surface area contributed by atoms with Gasteiger partial charge in [0.15, 0.2) is 0 Å². The minimum absolute atomic E-state index is 0.181. The zero-order chi connectivity index (χ0) is 8.72. The van der Waals surface area contributed by atoms with Crippen molar-refractivity contribution in [3.8, 4) is 11.5 Å². The molecule has 1 N–H and O–H groups in total. The zero-order valence-corrected chi connectivity index (χ0v) is 8.26. The van der Waals surface area contributed by atoms with Gasteiger partial charge in [0.25, 0.3) is 0 Å². The van der Waals surface area contributed by atoms with E-state index in [1.165, 1.54) is 0 Å². The number of phenolic OH excluding ortho intramolecular Hbond substituents is 1. The van der Waals surface area contributed by atoms with Gasteiger partial charge in [0, 0.05) is 16.5 Å². The van der Waals surface area contributed by atoms with Crippen molar-refractivity contribution < 1.29 is 9.84 Å². The third-order valence-electron chi connectivity index (χ3n) is 1.97. The van der Waals surface area contributed by atoms with Crippen molar-refractivity contribution in [3.05, 3.63) is 22.2 Å². The molecule has 0 radical (unpaired) electrons. The summed E-state index contributed by atoms with van der Waals surface area (Å²) in [4.78, 5) is 0. The average molecular weight is 229 g/mol. The summed E-state index contributed by atoms with van der Waals surface area (Å²) in [5, 5.41) is 9.52. The quantitative estimate of drug-likeness (QED) is 0.740. The average Bonchev–Trinajstić information content (AvgIpc) is 2.29. The van der Waals surface area contributed by atoms with Crippen LogP contribution in [-0.2, 0) is 6.42 Å². The number of ether oxygens (including phenoxy) is 1. The monoisotopic (exact) mass is 228 g/mol. The first kappa shape index (κ1) is 7.92. The molecule has 1 atom stereocenters. The molecular weight excluding hydrogens is 220 g/mol. The highest BCUT2D eigenvalue weighted by Crippen LogP contribution is 2.37. The van der Waals surface area contributed by atoms with Crippen LogP contribution < -0.4 is 4.74 Å². The summed E-state index contributed by atoms with van der Waals surface area (Å²) in [7, 11) is 0. The van der Waals surface area contributed by atoms with Crippen molar-refractivity contribution in [2.45, 2.75) is 19.4 Å². The Kier molecular flexibility index (Phi) is 1.76. The zero-order valence-electron chi connectivity index (χ0n) is 6.67. The minimum Gasteiger partial charge on any atom is -0.507 e. The van der Waals surface area contributed by atoms with Gasteiger partial charge in [-0.25, -0.2) is 0 Å². The van der Waals surface area contributed by atoms with Crippen molar-refractivity contribution >= 4 is 15.9 Å². The van der Waals surface area contributed by atoms with Gasteiger partial charge in [0.05, 0.1) is 0 Å². The topological polar surface area (TPSA) is 29.5 Å². The number of hydrogen-bond acceptors (Lipinski definition) is 2. The first-order valence-electron chi connectivity index (χ1n) is 3.85. The van der Waals surface area contributed by atoms with E-state index in [0.717, 1.165) is 22.2 Å². The molecule has 0 bridgehead atoms. The first-order chi connectivity index (χ1) is 5.66. The lowest BCUT2D eigenvalue weighted by molar-refractivity contribution is 0.254. The molecule has 0 aliphatic carbocycles. The Morgan fingerprint density at radius 3 is 3.08 bits per heavy atom. The Hall–Kier alpha value is -0.700. The van der Waals surface area contributed by atoms with Crippen LogP contribution in [0, 0.1) is 0 Å². The van der Waals surface area contributed by atoms with Crippen LogP contribution in [0.1, 0.15) is 12.5 Å². The summed E-state index contributed by atoms with van der Waals surface area (Å²) in [5.41, 5.74) is 0.922. The van der Waals surface area contributed by atoms with Gasteiger partial charge in [-0.15, -0.1) is 0 Å². The molecule has 1 aromatic rings. The lowest BCUT2D eigenvalue weighted by Crippen LogP contribution is -2.05. The lowest BCUT2D eigenvalue weighted by atomic mass is 10.1. The molecule has 0 amide bonds. The summed E-state index contributed by atoms with van der Waals surface area (Å²) in [6.45, 7) is 1.99. The van der Waals surface area contributed by atoms with Crippen LogP contribution in [0.3, 0.4) is 0 Å². The number of phenols is 1. The molecule has 3 heteroatoms. The van der Waals surface area contributed by atoms with E-state index in [0.29, 0.717) is 5.75 Å². The van der Waals surface area contributed by atoms with Crippen molar-refractivity contribution in [1.82, 2.24) is 0 Å². The molecule has 2 rings (SSSR count). The van der Waals surface area contributed by atoms with Crippen LogP contribution >= 0.6 is 15.9 Å². The molecular formula is C9H9BrO2. The Morgan fingerprint density at radius 2 is 2.33 bits per heavy atom. The maximum atomic E-state index is 9.52. The summed E-state index contributed by atoms with van der Waals surface area (Å²) < 4.78 is 6.33. The second-order valence-corrected chi connectivity index (χ2v) is 3.95. The summed E-state index contributed by atoms with van der Waals surface area (Å²) >= 11 is 3.30. The van der Waals surface area contributed by atoms with Gasteiger partial charge in [-0.1, -0.05) is 15.9 Å². The number of aromatic hydroxyl groups is 1. The van der Waals surface area contributed by atoms with E-state index in [9.17, 15) is 5.11 Å². The highest BCUT2D eigenvalue weighted by molar-refractivity contribution is 9.10. The van der Waals surface area contributed by atoms with Gasteiger partial charge in [-0.2, -0.15) is 0 Å². The van der Waals surface area contributed by atoms with Crippen LogP contribution in [-0.4, -0.2) is 11.2 Å². The Bertz CT molecular complexity index is 323. The van der Waals surface area contributed by atoms with E-state index in [2.05, 4.69) is 15.9 Å². The Labute approximate surface area is 79.3 Å². The van der Waals surface area contributed by atoms with E-state index in [1.54, 1.807) is 6.07 Å². The fourth-order valence-electron chi connectivity index (χ4n) is 1.45.